The van der Waals surface area contributed by atoms with Gasteiger partial charge in [0.1, 0.15) is 11.6 Å². The highest BCUT2D eigenvalue weighted by molar-refractivity contribution is 5.94. The van der Waals surface area contributed by atoms with Gasteiger partial charge in [-0.05, 0) is 44.0 Å². The lowest BCUT2D eigenvalue weighted by molar-refractivity contribution is 0.146. The van der Waals surface area contributed by atoms with E-state index in [2.05, 4.69) is 20.5 Å². The van der Waals surface area contributed by atoms with E-state index in [1.54, 1.807) is 38.2 Å². The van der Waals surface area contributed by atoms with E-state index in [9.17, 15) is 17.6 Å². The number of nitrogens with one attached hydrogen (secondary N) is 1. The number of halogens is 4. The molecule has 1 atom stereocenters. The highest BCUT2D eigenvalue weighted by atomic mass is 19.3. The van der Waals surface area contributed by atoms with Crippen LogP contribution in [0.2, 0.25) is 0 Å². The Hall–Kier alpha value is -3.55. The number of alkyl halides is 2. The summed E-state index contributed by atoms with van der Waals surface area (Å²) in [5.41, 5.74) is 1.80. The van der Waals surface area contributed by atoms with Crippen molar-refractivity contribution in [3.05, 3.63) is 82.7 Å². The highest BCUT2D eigenvalue weighted by Gasteiger charge is 2.21. The number of aryl methyl sites for hydroxylation is 2. The molecule has 2 aromatic heterocycles. The number of hydrogen-bond donors (Lipinski definition) is 1. The van der Waals surface area contributed by atoms with Crippen LogP contribution in [0.4, 0.5) is 23.4 Å². The molecule has 2 heterocycles. The van der Waals surface area contributed by atoms with Gasteiger partial charge in [0, 0.05) is 28.1 Å². The molecule has 4 nitrogen and oxygen atoms in total. The molecule has 0 saturated heterocycles. The van der Waals surface area contributed by atoms with Crippen molar-refractivity contribution in [1.82, 2.24) is 15.2 Å². The number of rotatable bonds is 6. The monoisotopic (exact) mass is 454 g/mol. The first-order chi connectivity index (χ1) is 15.8. The van der Waals surface area contributed by atoms with Crippen molar-refractivity contribution in [1.29, 1.82) is 0 Å². The van der Waals surface area contributed by atoms with Crippen LogP contribution in [0.15, 0.2) is 48.7 Å². The van der Waals surface area contributed by atoms with Crippen LogP contribution < -0.4 is 5.32 Å². The van der Waals surface area contributed by atoms with Gasteiger partial charge in [0.05, 0.1) is 23.0 Å². The van der Waals surface area contributed by atoms with Crippen molar-refractivity contribution < 1.29 is 17.6 Å². The van der Waals surface area contributed by atoms with Gasteiger partial charge in [0.2, 0.25) is 0 Å². The lowest BCUT2D eigenvalue weighted by atomic mass is 10.0. The summed E-state index contributed by atoms with van der Waals surface area (Å²) in [7, 11) is 0. The predicted octanol–water partition coefficient (Wildman–Crippen LogP) is 6.95. The highest BCUT2D eigenvalue weighted by Crippen LogP contribution is 2.32. The standard InChI is InChI=1S/C25H22F4N4/c1-4-15-8-9-21(26)19(10-15)22-11-18-20(12-30-22)14(3)32-33-25(18)31-13(2)16-6-5-7-17(23(16)27)24(28)29/h5-13,24H,4H2,1-3H3,(H,31,33). The summed E-state index contributed by atoms with van der Waals surface area (Å²) < 4.78 is 55.5. The number of hydrogen-bond acceptors (Lipinski definition) is 4. The van der Waals surface area contributed by atoms with E-state index in [1.165, 1.54) is 18.2 Å². The summed E-state index contributed by atoms with van der Waals surface area (Å²) in [5, 5.41) is 12.7. The van der Waals surface area contributed by atoms with E-state index in [1.807, 2.05) is 6.92 Å². The summed E-state index contributed by atoms with van der Waals surface area (Å²) in [5.74, 6) is -1.04. The topological polar surface area (TPSA) is 50.7 Å². The molecule has 4 aromatic rings. The Morgan fingerprint density at radius 1 is 0.970 bits per heavy atom. The molecule has 170 valence electrons. The quantitative estimate of drug-likeness (QED) is 0.320. The molecule has 8 heteroatoms. The largest absolute Gasteiger partial charge is 0.361 e. The second-order valence-electron chi connectivity index (χ2n) is 7.83. The van der Waals surface area contributed by atoms with E-state index < -0.39 is 29.7 Å². The van der Waals surface area contributed by atoms with Crippen LogP contribution in [0.25, 0.3) is 22.0 Å². The first kappa shape index (κ1) is 22.6. The predicted molar refractivity (Wildman–Crippen MR) is 120 cm³/mol. The third-order valence-corrected chi connectivity index (χ3v) is 5.68. The van der Waals surface area contributed by atoms with Gasteiger partial charge in [-0.3, -0.25) is 4.98 Å². The third kappa shape index (κ3) is 4.37. The molecule has 0 bridgehead atoms. The van der Waals surface area contributed by atoms with Crippen LogP contribution in [0.3, 0.4) is 0 Å². The van der Waals surface area contributed by atoms with E-state index in [-0.39, 0.29) is 5.56 Å². The maximum absolute atomic E-state index is 14.6. The van der Waals surface area contributed by atoms with Gasteiger partial charge in [-0.2, -0.15) is 5.10 Å². The van der Waals surface area contributed by atoms with Gasteiger partial charge in [0.25, 0.3) is 6.43 Å². The molecular formula is C25H22F4N4. The summed E-state index contributed by atoms with van der Waals surface area (Å²) in [6.45, 7) is 5.40. The van der Waals surface area contributed by atoms with Gasteiger partial charge in [-0.15, -0.1) is 5.10 Å². The molecular weight excluding hydrogens is 432 g/mol. The molecule has 0 amide bonds. The zero-order valence-electron chi connectivity index (χ0n) is 18.3. The molecule has 0 aliphatic rings. The van der Waals surface area contributed by atoms with Gasteiger partial charge in [0.15, 0.2) is 5.82 Å². The molecule has 0 aliphatic heterocycles. The number of anilines is 1. The smallest absolute Gasteiger partial charge is 0.266 e. The van der Waals surface area contributed by atoms with Crippen molar-refractivity contribution >= 4 is 16.6 Å². The van der Waals surface area contributed by atoms with Gasteiger partial charge in [-0.1, -0.05) is 31.2 Å². The van der Waals surface area contributed by atoms with Gasteiger partial charge < -0.3 is 5.32 Å². The molecule has 4 rings (SSSR count). The van der Waals surface area contributed by atoms with Gasteiger partial charge in [-0.25, -0.2) is 17.6 Å². The molecule has 0 saturated carbocycles. The summed E-state index contributed by atoms with van der Waals surface area (Å²) in [6.07, 6.45) is -0.570. The molecule has 33 heavy (non-hydrogen) atoms. The first-order valence-electron chi connectivity index (χ1n) is 10.5. The van der Waals surface area contributed by atoms with E-state index in [0.717, 1.165) is 18.1 Å². The minimum atomic E-state index is -2.92. The van der Waals surface area contributed by atoms with Crippen molar-refractivity contribution in [3.8, 4) is 11.3 Å². The van der Waals surface area contributed by atoms with Crippen molar-refractivity contribution in [2.45, 2.75) is 39.7 Å². The van der Waals surface area contributed by atoms with Crippen LogP contribution in [-0.4, -0.2) is 15.2 Å². The van der Waals surface area contributed by atoms with E-state index >= 15 is 0 Å². The molecule has 0 aliphatic carbocycles. The zero-order chi connectivity index (χ0) is 23.7. The molecule has 0 spiro atoms. The maximum Gasteiger partial charge on any atom is 0.266 e. The number of benzene rings is 2. The van der Waals surface area contributed by atoms with Crippen molar-refractivity contribution in [3.63, 3.8) is 0 Å². The molecule has 0 fully saturated rings. The Labute approximate surface area is 188 Å². The first-order valence-corrected chi connectivity index (χ1v) is 10.5. The van der Waals surface area contributed by atoms with Crippen LogP contribution in [0, 0.1) is 18.6 Å². The summed E-state index contributed by atoms with van der Waals surface area (Å²) >= 11 is 0. The van der Waals surface area contributed by atoms with Crippen LogP contribution in [0.1, 0.15) is 48.7 Å². The van der Waals surface area contributed by atoms with Gasteiger partial charge >= 0.3 is 0 Å². The number of nitrogens with zero attached hydrogens (tertiary/aromatic N) is 3. The van der Waals surface area contributed by atoms with Crippen LogP contribution in [0.5, 0.6) is 0 Å². The minimum absolute atomic E-state index is 0.0827. The van der Waals surface area contributed by atoms with Crippen LogP contribution in [-0.2, 0) is 6.42 Å². The molecule has 0 radical (unpaired) electrons. The molecule has 1 unspecified atom stereocenters. The molecule has 1 N–H and O–H groups in total. The fraction of sp³-hybridized carbons (Fsp3) is 0.240. The average molecular weight is 454 g/mol. The van der Waals surface area contributed by atoms with Crippen LogP contribution >= 0.6 is 0 Å². The average Bonchev–Trinajstić information content (AvgIpc) is 2.81. The lowest BCUT2D eigenvalue weighted by Crippen LogP contribution is -2.12. The zero-order valence-corrected chi connectivity index (χ0v) is 18.3. The fourth-order valence-electron chi connectivity index (χ4n) is 3.77. The Kier molecular flexibility index (Phi) is 6.26. The van der Waals surface area contributed by atoms with Crippen molar-refractivity contribution in [2.75, 3.05) is 5.32 Å². The third-order valence-electron chi connectivity index (χ3n) is 5.68. The Balaban J connectivity index is 1.78. The van der Waals surface area contributed by atoms with E-state index in [0.29, 0.717) is 33.5 Å². The van der Waals surface area contributed by atoms with Crippen molar-refractivity contribution in [2.24, 2.45) is 0 Å². The Morgan fingerprint density at radius 3 is 2.45 bits per heavy atom. The number of pyridine rings is 1. The fourth-order valence-corrected chi connectivity index (χ4v) is 3.77. The number of fused-ring (bicyclic) bond motifs is 1. The number of aromatic nitrogens is 3. The van der Waals surface area contributed by atoms with E-state index in [4.69, 9.17) is 0 Å². The second-order valence-corrected chi connectivity index (χ2v) is 7.83. The lowest BCUT2D eigenvalue weighted by Gasteiger charge is -2.18. The minimum Gasteiger partial charge on any atom is -0.361 e. The molecule has 2 aromatic carbocycles. The Morgan fingerprint density at radius 2 is 1.73 bits per heavy atom. The SMILES string of the molecule is CCc1ccc(F)c(-c2cc3c(NC(C)c4cccc(C(F)F)c4F)nnc(C)c3cn2)c1. The Bertz CT molecular complexity index is 1320. The maximum atomic E-state index is 14.6. The second kappa shape index (κ2) is 9.13. The normalized spacial score (nSPS) is 12.4. The summed E-state index contributed by atoms with van der Waals surface area (Å²) in [4.78, 5) is 4.42. The summed E-state index contributed by atoms with van der Waals surface area (Å²) in [6, 6.07) is 9.82.